The molecule has 0 bridgehead atoms. The highest BCUT2D eigenvalue weighted by atomic mass is 35.5. The Hall–Kier alpha value is -3.70. The summed E-state index contributed by atoms with van der Waals surface area (Å²) in [5.41, 5.74) is 4.40. The molecule has 3 aromatic carbocycles. The highest BCUT2D eigenvalue weighted by Crippen LogP contribution is 2.58. The van der Waals surface area contributed by atoms with Gasteiger partial charge in [0.15, 0.2) is 11.6 Å². The fourth-order valence-electron chi connectivity index (χ4n) is 6.53. The third kappa shape index (κ3) is 2.86. The number of ketones is 2. The summed E-state index contributed by atoms with van der Waals surface area (Å²) < 4.78 is 0. The summed E-state index contributed by atoms with van der Waals surface area (Å²) in [6.07, 6.45) is 2.05. The maximum Gasteiger partial charge on any atom is 0.238 e. The van der Waals surface area contributed by atoms with Crippen molar-refractivity contribution in [1.82, 2.24) is 0 Å². The van der Waals surface area contributed by atoms with Crippen molar-refractivity contribution in [2.24, 2.45) is 5.92 Å². The Balaban J connectivity index is 1.70. The molecular formula is C30H25ClN2O3. The number of aryl methyl sites for hydroxylation is 1. The van der Waals surface area contributed by atoms with Gasteiger partial charge in [-0.1, -0.05) is 59.6 Å². The van der Waals surface area contributed by atoms with Gasteiger partial charge >= 0.3 is 0 Å². The van der Waals surface area contributed by atoms with Crippen molar-refractivity contribution in [1.29, 1.82) is 0 Å². The number of Topliss-reactive ketones (excluding diaryl/α,β-unsaturated/α-hetero) is 2. The number of allylic oxidation sites excluding steroid dienone is 1. The molecule has 4 atom stereocenters. The molecule has 5 nitrogen and oxygen atoms in total. The zero-order chi connectivity index (χ0) is 25.4. The Morgan fingerprint density at radius 2 is 1.72 bits per heavy atom. The fourth-order valence-corrected chi connectivity index (χ4v) is 6.76. The minimum absolute atomic E-state index is 0.168. The first-order chi connectivity index (χ1) is 17.3. The van der Waals surface area contributed by atoms with Crippen LogP contribution in [0.3, 0.4) is 0 Å². The van der Waals surface area contributed by atoms with Crippen LogP contribution in [0.4, 0.5) is 11.4 Å². The summed E-state index contributed by atoms with van der Waals surface area (Å²) in [6.45, 7) is 5.55. The number of fused-ring (bicyclic) bond motifs is 6. The minimum Gasteiger partial charge on any atom is -0.352 e. The molecule has 1 amide bonds. The first-order valence-corrected chi connectivity index (χ1v) is 12.4. The lowest BCUT2D eigenvalue weighted by molar-refractivity contribution is -0.122. The second-order valence-electron chi connectivity index (χ2n) is 9.97. The van der Waals surface area contributed by atoms with Gasteiger partial charge in [-0.2, -0.15) is 0 Å². The number of benzene rings is 3. The zero-order valence-electron chi connectivity index (χ0n) is 20.2. The maximum absolute atomic E-state index is 14.4. The second-order valence-corrected chi connectivity index (χ2v) is 10.4. The number of nitrogens with one attached hydrogen (secondary N) is 1. The molecule has 3 aromatic rings. The first kappa shape index (κ1) is 22.7. The van der Waals surface area contributed by atoms with Crippen LogP contribution < -0.4 is 10.2 Å². The largest absolute Gasteiger partial charge is 0.352 e. The van der Waals surface area contributed by atoms with Crippen LogP contribution in [0.1, 0.15) is 40.9 Å². The topological polar surface area (TPSA) is 66.5 Å². The van der Waals surface area contributed by atoms with Gasteiger partial charge in [-0.15, -0.1) is 0 Å². The first-order valence-electron chi connectivity index (χ1n) is 12.0. The fraction of sp³-hybridized carbons (Fsp3) is 0.233. The van der Waals surface area contributed by atoms with Crippen LogP contribution in [0.25, 0.3) is 5.57 Å². The van der Waals surface area contributed by atoms with Gasteiger partial charge in [0.2, 0.25) is 5.91 Å². The van der Waals surface area contributed by atoms with Crippen molar-refractivity contribution in [2.45, 2.75) is 38.3 Å². The van der Waals surface area contributed by atoms with E-state index in [0.29, 0.717) is 16.3 Å². The van der Waals surface area contributed by atoms with Gasteiger partial charge in [-0.3, -0.25) is 14.4 Å². The van der Waals surface area contributed by atoms with E-state index in [1.54, 1.807) is 24.3 Å². The molecule has 0 unspecified atom stereocenters. The summed E-state index contributed by atoms with van der Waals surface area (Å²) in [5.74, 6) is -1.71. The number of carbonyl (C=O) groups excluding carboxylic acids is 3. The normalized spacial score (nSPS) is 25.7. The van der Waals surface area contributed by atoms with Crippen molar-refractivity contribution in [2.75, 3.05) is 10.2 Å². The molecule has 1 N–H and O–H groups in total. The van der Waals surface area contributed by atoms with Crippen LogP contribution >= 0.6 is 11.6 Å². The molecule has 3 aliphatic rings. The number of rotatable bonds is 3. The lowest BCUT2D eigenvalue weighted by Gasteiger charge is -2.39. The average Bonchev–Trinajstić information content (AvgIpc) is 3.32. The van der Waals surface area contributed by atoms with Crippen molar-refractivity contribution in [3.8, 4) is 0 Å². The van der Waals surface area contributed by atoms with E-state index in [2.05, 4.69) is 17.5 Å². The quantitative estimate of drug-likeness (QED) is 0.479. The van der Waals surface area contributed by atoms with E-state index in [-0.39, 0.29) is 17.5 Å². The summed E-state index contributed by atoms with van der Waals surface area (Å²) in [6, 6.07) is 19.0. The van der Waals surface area contributed by atoms with E-state index in [0.717, 1.165) is 28.0 Å². The molecule has 36 heavy (non-hydrogen) atoms. The number of para-hydroxylation sites is 1. The predicted octanol–water partition coefficient (Wildman–Crippen LogP) is 5.60. The molecule has 0 saturated carbocycles. The standard InChI is InChI=1S/C30H25ClN2O3/c1-16-12-13-24-20(14-16)17(2)15-25-30(21-9-5-7-11-23(21)32-29(30)36)26(27(18(3)34)33(24)25)28(35)19-8-4-6-10-22(19)31/h4-15,25-27H,1-3H3,(H,32,36)/t25-,26-,27-,30+/m1/s1. The monoisotopic (exact) mass is 496 g/mol. The molecule has 6 heteroatoms. The van der Waals surface area contributed by atoms with Crippen molar-refractivity contribution >= 4 is 46.0 Å². The van der Waals surface area contributed by atoms with E-state index in [9.17, 15) is 14.4 Å². The average molecular weight is 497 g/mol. The van der Waals surface area contributed by atoms with Crippen LogP contribution in [0, 0.1) is 12.8 Å². The Bertz CT molecular complexity index is 1510. The van der Waals surface area contributed by atoms with Gasteiger partial charge in [-0.05, 0) is 62.2 Å². The van der Waals surface area contributed by atoms with Gasteiger partial charge in [0.25, 0.3) is 0 Å². The Labute approximate surface area is 214 Å². The van der Waals surface area contributed by atoms with Crippen LogP contribution in [0.5, 0.6) is 0 Å². The summed E-state index contributed by atoms with van der Waals surface area (Å²) in [5, 5.41) is 3.34. The van der Waals surface area contributed by atoms with Crippen LogP contribution in [-0.2, 0) is 15.0 Å². The second kappa shape index (κ2) is 7.90. The molecule has 0 radical (unpaired) electrons. The van der Waals surface area contributed by atoms with Crippen LogP contribution in [0.2, 0.25) is 5.02 Å². The molecule has 0 aromatic heterocycles. The van der Waals surface area contributed by atoms with Crippen molar-refractivity contribution in [3.63, 3.8) is 0 Å². The molecular weight excluding hydrogens is 472 g/mol. The number of halogens is 1. The van der Waals surface area contributed by atoms with Gasteiger partial charge in [0.05, 0.1) is 23.0 Å². The third-order valence-electron chi connectivity index (χ3n) is 7.97. The number of anilines is 2. The number of hydrogen-bond acceptors (Lipinski definition) is 4. The van der Waals surface area contributed by atoms with Gasteiger partial charge in [-0.25, -0.2) is 0 Å². The molecule has 3 heterocycles. The molecule has 0 aliphatic carbocycles. The summed E-state index contributed by atoms with van der Waals surface area (Å²) in [4.78, 5) is 44.0. The van der Waals surface area contributed by atoms with E-state index in [1.165, 1.54) is 6.92 Å². The van der Waals surface area contributed by atoms with E-state index in [4.69, 9.17) is 11.6 Å². The minimum atomic E-state index is -1.30. The molecule has 3 aliphatic heterocycles. The van der Waals surface area contributed by atoms with E-state index in [1.807, 2.05) is 55.1 Å². The molecule has 1 saturated heterocycles. The summed E-state index contributed by atoms with van der Waals surface area (Å²) in [7, 11) is 0. The van der Waals surface area contributed by atoms with Crippen LogP contribution in [-0.4, -0.2) is 29.6 Å². The van der Waals surface area contributed by atoms with Gasteiger partial charge in [0.1, 0.15) is 5.41 Å². The number of amides is 1. The molecule has 6 rings (SSSR count). The van der Waals surface area contributed by atoms with Crippen molar-refractivity contribution < 1.29 is 14.4 Å². The highest BCUT2D eigenvalue weighted by Gasteiger charge is 2.70. The smallest absolute Gasteiger partial charge is 0.238 e. The van der Waals surface area contributed by atoms with Gasteiger partial charge < -0.3 is 10.2 Å². The Kier molecular flexibility index (Phi) is 4.99. The van der Waals surface area contributed by atoms with Crippen molar-refractivity contribution in [3.05, 3.63) is 100 Å². The molecule has 180 valence electrons. The lowest BCUT2D eigenvalue weighted by Crippen LogP contribution is -2.51. The van der Waals surface area contributed by atoms with E-state index < -0.39 is 23.4 Å². The SMILES string of the molecule is CC(=O)[C@@H]1[C@H](C(=O)c2ccccc2Cl)[C@@]2(C(=O)Nc3ccccc32)[C@H]2C=C(C)c3cc(C)ccc3N12. The Morgan fingerprint density at radius 1 is 1.00 bits per heavy atom. The zero-order valence-corrected chi connectivity index (χ0v) is 21.0. The number of hydrogen-bond donors (Lipinski definition) is 1. The van der Waals surface area contributed by atoms with Gasteiger partial charge in [0, 0.05) is 22.5 Å². The lowest BCUT2D eigenvalue weighted by atomic mass is 9.64. The number of nitrogens with zero attached hydrogens (tertiary/aromatic N) is 1. The Morgan fingerprint density at radius 3 is 2.47 bits per heavy atom. The van der Waals surface area contributed by atoms with E-state index >= 15 is 0 Å². The summed E-state index contributed by atoms with van der Waals surface area (Å²) >= 11 is 6.50. The van der Waals surface area contributed by atoms with Crippen LogP contribution in [0.15, 0.2) is 72.8 Å². The predicted molar refractivity (Wildman–Crippen MR) is 142 cm³/mol. The maximum atomic E-state index is 14.4. The highest BCUT2D eigenvalue weighted by molar-refractivity contribution is 6.34. The molecule has 1 spiro atoms. The number of carbonyl (C=O) groups is 3. The molecule has 1 fully saturated rings. The third-order valence-corrected chi connectivity index (χ3v) is 8.30.